The number of aliphatic carboxylic acids is 2. The van der Waals surface area contributed by atoms with E-state index in [0.717, 1.165) is 45.8 Å². The molecule has 3 heterocycles. The van der Waals surface area contributed by atoms with Crippen molar-refractivity contribution in [2.24, 2.45) is 0 Å². The van der Waals surface area contributed by atoms with Gasteiger partial charge in [0.1, 0.15) is 0 Å². The zero-order valence-corrected chi connectivity index (χ0v) is 19.8. The first kappa shape index (κ1) is 24.4. The quantitative estimate of drug-likeness (QED) is 0.426. The predicted molar refractivity (Wildman–Crippen MR) is 135 cm³/mol. The number of benzene rings is 2. The zero-order valence-electron chi connectivity index (χ0n) is 19.8. The smallest absolute Gasteiger partial charge is 0.414 e. The molecule has 1 aliphatic rings. The molecule has 1 saturated heterocycles. The van der Waals surface area contributed by atoms with Gasteiger partial charge in [-0.15, -0.1) is 0 Å². The van der Waals surface area contributed by atoms with Crippen LogP contribution in [0.1, 0.15) is 18.1 Å². The number of nitrogens with zero attached hydrogens (tertiary/aromatic N) is 4. The Hall–Kier alpha value is -3.75. The SMILES string of the molecule is CCn1c2ccccc2c2cc(CN3CCN(Cc4cccnc4)CC3)ccc21.O=C(O)C(=O)O. The Kier molecular flexibility index (Phi) is 7.74. The van der Waals surface area contributed by atoms with E-state index in [-0.39, 0.29) is 0 Å². The second kappa shape index (κ2) is 11.1. The second-order valence-corrected chi connectivity index (χ2v) is 8.64. The number of pyridine rings is 1. The van der Waals surface area contributed by atoms with Crippen molar-refractivity contribution in [1.82, 2.24) is 19.4 Å². The lowest BCUT2D eigenvalue weighted by Gasteiger charge is -2.34. The van der Waals surface area contributed by atoms with Gasteiger partial charge in [0.2, 0.25) is 0 Å². The van der Waals surface area contributed by atoms with E-state index in [9.17, 15) is 0 Å². The molecule has 0 atom stereocenters. The van der Waals surface area contributed by atoms with Gasteiger partial charge in [-0.1, -0.05) is 30.3 Å². The van der Waals surface area contributed by atoms with Crippen LogP contribution < -0.4 is 0 Å². The van der Waals surface area contributed by atoms with Crippen LogP contribution in [0, 0.1) is 0 Å². The fraction of sp³-hybridized carbons (Fsp3) is 0.296. The van der Waals surface area contributed by atoms with Gasteiger partial charge >= 0.3 is 11.9 Å². The highest BCUT2D eigenvalue weighted by atomic mass is 16.4. The molecule has 0 saturated carbocycles. The molecule has 8 nitrogen and oxygen atoms in total. The number of piperazine rings is 1. The molecule has 8 heteroatoms. The minimum absolute atomic E-state index is 1.00. The van der Waals surface area contributed by atoms with Crippen LogP contribution in [0.25, 0.3) is 21.8 Å². The normalized spacial score (nSPS) is 14.5. The number of rotatable bonds is 5. The Morgan fingerprint density at radius 3 is 2.03 bits per heavy atom. The molecule has 35 heavy (non-hydrogen) atoms. The summed E-state index contributed by atoms with van der Waals surface area (Å²) in [7, 11) is 0. The van der Waals surface area contributed by atoms with Crippen molar-refractivity contribution in [3.63, 3.8) is 0 Å². The molecule has 0 amide bonds. The van der Waals surface area contributed by atoms with Crippen LogP contribution in [0.5, 0.6) is 0 Å². The van der Waals surface area contributed by atoms with Crippen LogP contribution in [0.2, 0.25) is 0 Å². The maximum atomic E-state index is 9.10. The number of carbonyl (C=O) groups is 2. The van der Waals surface area contributed by atoms with Gasteiger partial charge in [0.15, 0.2) is 0 Å². The molecule has 182 valence electrons. The van der Waals surface area contributed by atoms with Crippen molar-refractivity contribution in [3.05, 3.63) is 78.1 Å². The summed E-state index contributed by atoms with van der Waals surface area (Å²) in [4.78, 5) is 27.6. The summed E-state index contributed by atoms with van der Waals surface area (Å²) < 4.78 is 2.42. The maximum Gasteiger partial charge on any atom is 0.414 e. The topological polar surface area (TPSA) is 98.9 Å². The van der Waals surface area contributed by atoms with E-state index in [2.05, 4.69) is 74.8 Å². The molecular weight excluding hydrogens is 444 g/mol. The Labute approximate surface area is 204 Å². The third kappa shape index (κ3) is 5.85. The summed E-state index contributed by atoms with van der Waals surface area (Å²) in [5.41, 5.74) is 5.40. The largest absolute Gasteiger partial charge is 0.473 e. The van der Waals surface area contributed by atoms with Gasteiger partial charge in [-0.25, -0.2) is 9.59 Å². The second-order valence-electron chi connectivity index (χ2n) is 8.64. The first-order valence-electron chi connectivity index (χ1n) is 11.8. The maximum absolute atomic E-state index is 9.10. The van der Waals surface area contributed by atoms with E-state index in [1.165, 1.54) is 32.9 Å². The fourth-order valence-electron chi connectivity index (χ4n) is 4.65. The number of carboxylic acid groups (broad SMARTS) is 2. The molecule has 0 unspecified atom stereocenters. The molecule has 1 fully saturated rings. The molecule has 2 aromatic carbocycles. The molecule has 0 radical (unpaired) electrons. The van der Waals surface area contributed by atoms with Crippen LogP contribution in [-0.4, -0.2) is 67.7 Å². The molecule has 2 N–H and O–H groups in total. The number of para-hydroxylation sites is 1. The third-order valence-electron chi connectivity index (χ3n) is 6.34. The Morgan fingerprint density at radius 2 is 1.43 bits per heavy atom. The van der Waals surface area contributed by atoms with Crippen molar-refractivity contribution < 1.29 is 19.8 Å². The third-order valence-corrected chi connectivity index (χ3v) is 6.34. The Bertz CT molecular complexity index is 1300. The lowest BCUT2D eigenvalue weighted by molar-refractivity contribution is -0.159. The van der Waals surface area contributed by atoms with Crippen LogP contribution in [0.4, 0.5) is 0 Å². The van der Waals surface area contributed by atoms with E-state index in [0.29, 0.717) is 0 Å². The van der Waals surface area contributed by atoms with Gasteiger partial charge in [-0.3, -0.25) is 14.8 Å². The molecule has 0 bridgehead atoms. The van der Waals surface area contributed by atoms with Crippen molar-refractivity contribution in [2.75, 3.05) is 26.2 Å². The highest BCUT2D eigenvalue weighted by Crippen LogP contribution is 2.30. The van der Waals surface area contributed by atoms with Gasteiger partial charge in [0.25, 0.3) is 0 Å². The first-order chi connectivity index (χ1) is 17.0. The molecule has 5 rings (SSSR count). The molecule has 0 spiro atoms. The average molecular weight is 475 g/mol. The fourth-order valence-corrected chi connectivity index (χ4v) is 4.65. The van der Waals surface area contributed by atoms with Gasteiger partial charge < -0.3 is 14.8 Å². The lowest BCUT2D eigenvalue weighted by Crippen LogP contribution is -2.45. The summed E-state index contributed by atoms with van der Waals surface area (Å²) in [6, 6.07) is 20.0. The molecule has 2 aromatic heterocycles. The number of aryl methyl sites for hydroxylation is 1. The molecule has 1 aliphatic heterocycles. The van der Waals surface area contributed by atoms with Gasteiger partial charge in [0, 0.05) is 80.0 Å². The number of aromatic nitrogens is 2. The van der Waals surface area contributed by atoms with E-state index in [4.69, 9.17) is 19.8 Å². The minimum atomic E-state index is -1.82. The standard InChI is InChI=1S/C25H28N4.C2H2O4/c1-2-29-24-8-4-3-7-22(24)23-16-20(9-10-25(23)29)18-27-12-14-28(15-13-27)19-21-6-5-11-26-17-21;3-1(4)2(5)6/h3-11,16-17H,2,12-15,18-19H2,1H3;(H,3,4)(H,5,6). The summed E-state index contributed by atoms with van der Waals surface area (Å²) in [6.45, 7) is 9.74. The van der Waals surface area contributed by atoms with Crippen LogP contribution >= 0.6 is 0 Å². The lowest BCUT2D eigenvalue weighted by atomic mass is 10.1. The minimum Gasteiger partial charge on any atom is -0.473 e. The van der Waals surface area contributed by atoms with Gasteiger partial charge in [-0.05, 0) is 42.3 Å². The summed E-state index contributed by atoms with van der Waals surface area (Å²) in [5.74, 6) is -3.65. The van der Waals surface area contributed by atoms with Gasteiger partial charge in [-0.2, -0.15) is 0 Å². The highest BCUT2D eigenvalue weighted by molar-refractivity contribution is 6.27. The Balaban J connectivity index is 0.000000431. The van der Waals surface area contributed by atoms with E-state index in [1.807, 2.05) is 18.5 Å². The van der Waals surface area contributed by atoms with E-state index in [1.54, 1.807) is 0 Å². The monoisotopic (exact) mass is 474 g/mol. The van der Waals surface area contributed by atoms with Crippen LogP contribution in [0.15, 0.2) is 67.0 Å². The van der Waals surface area contributed by atoms with Crippen LogP contribution in [-0.2, 0) is 29.2 Å². The summed E-state index contributed by atoms with van der Waals surface area (Å²) in [5, 5.41) is 17.5. The predicted octanol–water partition coefficient (Wildman–Crippen LogP) is 3.68. The molecule has 0 aliphatic carbocycles. The van der Waals surface area contributed by atoms with Crippen molar-refractivity contribution in [2.45, 2.75) is 26.6 Å². The van der Waals surface area contributed by atoms with Crippen LogP contribution in [0.3, 0.4) is 0 Å². The van der Waals surface area contributed by atoms with Crippen molar-refractivity contribution in [3.8, 4) is 0 Å². The summed E-state index contributed by atoms with van der Waals surface area (Å²) >= 11 is 0. The zero-order chi connectivity index (χ0) is 24.8. The number of hydrogen-bond donors (Lipinski definition) is 2. The van der Waals surface area contributed by atoms with Crippen molar-refractivity contribution in [1.29, 1.82) is 0 Å². The average Bonchev–Trinajstić information content (AvgIpc) is 3.19. The van der Waals surface area contributed by atoms with E-state index >= 15 is 0 Å². The number of hydrogen-bond acceptors (Lipinski definition) is 5. The van der Waals surface area contributed by atoms with Crippen molar-refractivity contribution >= 4 is 33.7 Å². The van der Waals surface area contributed by atoms with Gasteiger partial charge in [0.05, 0.1) is 0 Å². The number of fused-ring (bicyclic) bond motifs is 3. The first-order valence-corrected chi connectivity index (χ1v) is 11.8. The highest BCUT2D eigenvalue weighted by Gasteiger charge is 2.18. The molecular formula is C27H30N4O4. The number of carboxylic acids is 2. The summed E-state index contributed by atoms with van der Waals surface area (Å²) in [6.07, 6.45) is 3.82. The Morgan fingerprint density at radius 1 is 0.800 bits per heavy atom. The molecule has 4 aromatic rings. The van der Waals surface area contributed by atoms with E-state index < -0.39 is 11.9 Å².